The van der Waals surface area contributed by atoms with Crippen molar-refractivity contribution in [3.63, 3.8) is 0 Å². The van der Waals surface area contributed by atoms with Gasteiger partial charge in [0.1, 0.15) is 0 Å². The summed E-state index contributed by atoms with van der Waals surface area (Å²) in [4.78, 5) is 14.5. The minimum absolute atomic E-state index is 0.00352. The lowest BCUT2D eigenvalue weighted by molar-refractivity contribution is -0.133. The average molecular weight is 270 g/mol. The molecule has 2 fully saturated rings. The summed E-state index contributed by atoms with van der Waals surface area (Å²) in [5, 5.41) is 3.53. The van der Waals surface area contributed by atoms with Crippen molar-refractivity contribution in [1.29, 1.82) is 0 Å². The molecule has 1 N–H and O–H groups in total. The molecule has 0 aromatic heterocycles. The molecule has 1 unspecified atom stereocenters. The smallest absolute Gasteiger partial charge is 0.239 e. The highest BCUT2D eigenvalue weighted by molar-refractivity contribution is 7.99. The van der Waals surface area contributed by atoms with E-state index in [2.05, 4.69) is 10.2 Å². The molecule has 0 aromatic rings. The van der Waals surface area contributed by atoms with Gasteiger partial charge in [0.05, 0.1) is 6.04 Å². The molecule has 4 heteroatoms. The first-order valence-corrected chi connectivity index (χ1v) is 8.55. The van der Waals surface area contributed by atoms with Crippen LogP contribution in [-0.4, -0.2) is 47.5 Å². The number of thioether (sulfide) groups is 1. The molecule has 0 bridgehead atoms. The summed E-state index contributed by atoms with van der Waals surface area (Å²) in [7, 11) is 0. The number of nitrogens with zero attached hydrogens (tertiary/aromatic N) is 1. The van der Waals surface area contributed by atoms with Crippen molar-refractivity contribution in [3.05, 3.63) is 0 Å². The minimum Gasteiger partial charge on any atom is -0.341 e. The van der Waals surface area contributed by atoms with Gasteiger partial charge in [-0.15, -0.1) is 0 Å². The number of carbonyl (C=O) groups excluding carboxylic acids is 1. The number of likely N-dealkylation sites (tertiary alicyclic amines) is 1. The Labute approximate surface area is 115 Å². The van der Waals surface area contributed by atoms with Crippen molar-refractivity contribution >= 4 is 17.7 Å². The second kappa shape index (κ2) is 7.39. The molecule has 104 valence electrons. The van der Waals surface area contributed by atoms with Gasteiger partial charge in [-0.3, -0.25) is 4.79 Å². The zero-order valence-corrected chi connectivity index (χ0v) is 12.3. The van der Waals surface area contributed by atoms with Crippen molar-refractivity contribution in [2.45, 2.75) is 57.5 Å². The summed E-state index contributed by atoms with van der Waals surface area (Å²) < 4.78 is 0. The summed E-state index contributed by atoms with van der Waals surface area (Å²) in [6.45, 7) is 3.96. The SMILES string of the molecule is CC(NC1CCSCC1)C(=O)N1CCCCCC1. The third-order valence-corrected chi connectivity index (χ3v) is 5.04. The summed E-state index contributed by atoms with van der Waals surface area (Å²) in [6, 6.07) is 0.549. The fourth-order valence-electron chi connectivity index (χ4n) is 2.85. The maximum atomic E-state index is 12.4. The molecule has 0 aliphatic carbocycles. The van der Waals surface area contributed by atoms with Gasteiger partial charge in [0, 0.05) is 19.1 Å². The number of hydrogen-bond donors (Lipinski definition) is 1. The van der Waals surface area contributed by atoms with E-state index in [-0.39, 0.29) is 6.04 Å². The fraction of sp³-hybridized carbons (Fsp3) is 0.929. The third kappa shape index (κ3) is 4.16. The molecular formula is C14H26N2OS. The van der Waals surface area contributed by atoms with Crippen molar-refractivity contribution in [3.8, 4) is 0 Å². The Balaban J connectivity index is 1.79. The topological polar surface area (TPSA) is 32.3 Å². The lowest BCUT2D eigenvalue weighted by Gasteiger charge is -2.29. The van der Waals surface area contributed by atoms with Crippen molar-refractivity contribution in [2.24, 2.45) is 0 Å². The number of rotatable bonds is 3. The molecule has 0 saturated carbocycles. The highest BCUT2D eigenvalue weighted by Crippen LogP contribution is 2.18. The molecule has 2 aliphatic rings. The molecule has 2 saturated heterocycles. The Bertz CT molecular complexity index is 259. The average Bonchev–Trinajstić information content (AvgIpc) is 2.68. The Morgan fingerprint density at radius 1 is 1.17 bits per heavy atom. The molecule has 0 radical (unpaired) electrons. The van der Waals surface area contributed by atoms with E-state index in [0.717, 1.165) is 13.1 Å². The van der Waals surface area contributed by atoms with E-state index in [4.69, 9.17) is 0 Å². The first kappa shape index (κ1) is 14.2. The Morgan fingerprint density at radius 3 is 2.39 bits per heavy atom. The summed E-state index contributed by atoms with van der Waals surface area (Å²) in [6.07, 6.45) is 7.35. The normalized spacial score (nSPS) is 24.6. The largest absolute Gasteiger partial charge is 0.341 e. The Hall–Kier alpha value is -0.220. The second-order valence-corrected chi connectivity index (χ2v) is 6.74. The number of carbonyl (C=O) groups is 1. The lowest BCUT2D eigenvalue weighted by atomic mass is 10.1. The highest BCUT2D eigenvalue weighted by Gasteiger charge is 2.24. The molecule has 2 rings (SSSR count). The van der Waals surface area contributed by atoms with Gasteiger partial charge in [0.25, 0.3) is 0 Å². The van der Waals surface area contributed by atoms with Gasteiger partial charge < -0.3 is 10.2 Å². The van der Waals surface area contributed by atoms with Crippen molar-refractivity contribution in [2.75, 3.05) is 24.6 Å². The number of amides is 1. The molecule has 0 spiro atoms. The van der Waals surface area contributed by atoms with Gasteiger partial charge in [-0.1, -0.05) is 12.8 Å². The minimum atomic E-state index is -0.00352. The highest BCUT2D eigenvalue weighted by atomic mass is 32.2. The van der Waals surface area contributed by atoms with Crippen LogP contribution in [0.4, 0.5) is 0 Å². The van der Waals surface area contributed by atoms with Gasteiger partial charge in [0.15, 0.2) is 0 Å². The zero-order chi connectivity index (χ0) is 12.8. The van der Waals surface area contributed by atoms with Gasteiger partial charge in [-0.05, 0) is 44.1 Å². The maximum absolute atomic E-state index is 12.4. The van der Waals surface area contributed by atoms with Crippen LogP contribution < -0.4 is 5.32 Å². The molecule has 0 aromatic carbocycles. The van der Waals surface area contributed by atoms with E-state index in [1.165, 1.54) is 50.0 Å². The van der Waals surface area contributed by atoms with Gasteiger partial charge >= 0.3 is 0 Å². The lowest BCUT2D eigenvalue weighted by Crippen LogP contribution is -2.49. The quantitative estimate of drug-likeness (QED) is 0.854. The van der Waals surface area contributed by atoms with Crippen LogP contribution in [0.15, 0.2) is 0 Å². The zero-order valence-electron chi connectivity index (χ0n) is 11.5. The van der Waals surface area contributed by atoms with E-state index in [9.17, 15) is 4.79 Å². The predicted molar refractivity (Wildman–Crippen MR) is 78.0 cm³/mol. The van der Waals surface area contributed by atoms with Crippen LogP contribution in [0.1, 0.15) is 45.4 Å². The molecule has 2 aliphatic heterocycles. The maximum Gasteiger partial charge on any atom is 0.239 e. The van der Waals surface area contributed by atoms with Gasteiger partial charge in [-0.2, -0.15) is 11.8 Å². The van der Waals surface area contributed by atoms with Crippen LogP contribution in [0.5, 0.6) is 0 Å². The van der Waals surface area contributed by atoms with E-state index in [1.807, 2.05) is 18.7 Å². The fourth-order valence-corrected chi connectivity index (χ4v) is 3.96. The van der Waals surface area contributed by atoms with Crippen molar-refractivity contribution < 1.29 is 4.79 Å². The monoisotopic (exact) mass is 270 g/mol. The van der Waals surface area contributed by atoms with E-state index < -0.39 is 0 Å². The standard InChI is InChI=1S/C14H26N2OS/c1-12(15-13-6-10-18-11-7-13)14(17)16-8-4-2-3-5-9-16/h12-13,15H,2-11H2,1H3. The predicted octanol–water partition coefficient (Wildman–Crippen LogP) is 2.26. The van der Waals surface area contributed by atoms with Crippen LogP contribution in [0.2, 0.25) is 0 Å². The first-order chi connectivity index (χ1) is 8.77. The molecular weight excluding hydrogens is 244 g/mol. The van der Waals surface area contributed by atoms with Crippen molar-refractivity contribution in [1.82, 2.24) is 10.2 Å². The summed E-state index contributed by atoms with van der Waals surface area (Å²) in [5.74, 6) is 2.79. The van der Waals surface area contributed by atoms with Crippen LogP contribution in [-0.2, 0) is 4.79 Å². The third-order valence-electron chi connectivity index (χ3n) is 4.00. The van der Waals surface area contributed by atoms with E-state index in [1.54, 1.807) is 0 Å². The van der Waals surface area contributed by atoms with Crippen LogP contribution in [0, 0.1) is 0 Å². The summed E-state index contributed by atoms with van der Waals surface area (Å²) in [5.41, 5.74) is 0. The Morgan fingerprint density at radius 2 is 1.78 bits per heavy atom. The van der Waals surface area contributed by atoms with Crippen LogP contribution in [0.3, 0.4) is 0 Å². The van der Waals surface area contributed by atoms with E-state index >= 15 is 0 Å². The van der Waals surface area contributed by atoms with Crippen LogP contribution >= 0.6 is 11.8 Å². The van der Waals surface area contributed by atoms with Gasteiger partial charge in [-0.25, -0.2) is 0 Å². The Kier molecular flexibility index (Phi) is 5.83. The number of hydrogen-bond acceptors (Lipinski definition) is 3. The molecule has 1 amide bonds. The van der Waals surface area contributed by atoms with E-state index in [0.29, 0.717) is 11.9 Å². The molecule has 1 atom stereocenters. The molecule has 3 nitrogen and oxygen atoms in total. The first-order valence-electron chi connectivity index (χ1n) is 7.40. The van der Waals surface area contributed by atoms with Gasteiger partial charge in [0.2, 0.25) is 5.91 Å². The van der Waals surface area contributed by atoms with Crippen LogP contribution in [0.25, 0.3) is 0 Å². The number of nitrogens with one attached hydrogen (secondary N) is 1. The second-order valence-electron chi connectivity index (χ2n) is 5.51. The summed E-state index contributed by atoms with van der Waals surface area (Å²) >= 11 is 2.03. The molecule has 2 heterocycles. The molecule has 18 heavy (non-hydrogen) atoms.